The predicted octanol–water partition coefficient (Wildman–Crippen LogP) is 1.83. The summed E-state index contributed by atoms with van der Waals surface area (Å²) in [4.78, 5) is 24.7. The Kier molecular flexibility index (Phi) is 7.42. The number of rotatable bonds is 2. The second kappa shape index (κ2) is 9.57. The number of aliphatic hydroxyl groups is 2. The number of benzene rings is 1. The molecule has 1 aliphatic rings. The number of hydrogen-bond acceptors (Lipinski definition) is 8. The maximum absolute atomic E-state index is 12.7. The molecule has 0 unspecified atom stereocenters. The molecule has 1 aliphatic heterocycles. The lowest BCUT2D eigenvalue weighted by molar-refractivity contribution is -0.132. The molecule has 0 radical (unpaired) electrons. The molecule has 154 valence electrons. The average Bonchev–Trinajstić information content (AvgIpc) is 2.65. The Balaban J connectivity index is 2.55. The minimum atomic E-state index is -1.49. The number of ether oxygens (including phenoxy) is 3. The van der Waals surface area contributed by atoms with Crippen molar-refractivity contribution in [2.24, 2.45) is 0 Å². The number of ketones is 1. The lowest BCUT2D eigenvalue weighted by atomic mass is 9.99. The molecule has 0 aromatic heterocycles. The van der Waals surface area contributed by atoms with Crippen LogP contribution in [-0.2, 0) is 9.53 Å². The third kappa shape index (κ3) is 4.82. The Hall–Kier alpha value is -2.58. The van der Waals surface area contributed by atoms with E-state index in [0.29, 0.717) is 12.8 Å². The van der Waals surface area contributed by atoms with Gasteiger partial charge in [-0.25, -0.2) is 4.79 Å². The minimum Gasteiger partial charge on any atom is -0.507 e. The number of aliphatic hydroxyl groups excluding tert-OH is 2. The number of Topliss-reactive ketones (excluding diaryl/α,β-unsaturated/α-hetero) is 1. The van der Waals surface area contributed by atoms with E-state index < -0.39 is 30.1 Å². The van der Waals surface area contributed by atoms with Gasteiger partial charge in [0.25, 0.3) is 0 Å². The molecule has 0 aliphatic carbocycles. The van der Waals surface area contributed by atoms with E-state index in [0.717, 1.165) is 0 Å². The van der Waals surface area contributed by atoms with Crippen molar-refractivity contribution in [3.63, 3.8) is 0 Å². The van der Waals surface area contributed by atoms with E-state index in [2.05, 4.69) is 0 Å². The van der Waals surface area contributed by atoms with Crippen molar-refractivity contribution in [2.45, 2.75) is 50.9 Å². The highest BCUT2D eigenvalue weighted by molar-refractivity contribution is 5.98. The van der Waals surface area contributed by atoms with E-state index in [9.17, 15) is 24.9 Å². The van der Waals surface area contributed by atoms with Gasteiger partial charge in [-0.3, -0.25) is 4.79 Å². The van der Waals surface area contributed by atoms with Gasteiger partial charge in [-0.05, 0) is 26.2 Å². The highest BCUT2D eigenvalue weighted by Gasteiger charge is 2.27. The van der Waals surface area contributed by atoms with Gasteiger partial charge in [0.15, 0.2) is 17.3 Å². The molecule has 0 bridgehead atoms. The molecule has 3 N–H and O–H groups in total. The molecule has 8 heteroatoms. The fourth-order valence-corrected chi connectivity index (χ4v) is 3.06. The highest BCUT2D eigenvalue weighted by Crippen LogP contribution is 2.40. The Morgan fingerprint density at radius 2 is 1.89 bits per heavy atom. The number of carbonyl (C=O) groups is 2. The third-order valence-corrected chi connectivity index (χ3v) is 4.59. The molecular weight excluding hydrogens is 368 g/mol. The zero-order chi connectivity index (χ0) is 20.8. The number of fused-ring (bicyclic) bond motifs is 1. The van der Waals surface area contributed by atoms with Crippen molar-refractivity contribution in [2.75, 3.05) is 14.2 Å². The maximum Gasteiger partial charge on any atom is 0.342 e. The van der Waals surface area contributed by atoms with Crippen molar-refractivity contribution >= 4 is 17.8 Å². The first-order valence-corrected chi connectivity index (χ1v) is 9.04. The fraction of sp³-hybridized carbons (Fsp3) is 0.500. The Morgan fingerprint density at radius 3 is 2.54 bits per heavy atom. The Bertz CT molecular complexity index is 755. The summed E-state index contributed by atoms with van der Waals surface area (Å²) in [6, 6.07) is 1.26. The minimum absolute atomic E-state index is 0.0427. The molecular formula is C20H26O8. The summed E-state index contributed by atoms with van der Waals surface area (Å²) < 4.78 is 15.9. The predicted molar refractivity (Wildman–Crippen MR) is 101 cm³/mol. The average molecular weight is 394 g/mol. The lowest BCUT2D eigenvalue weighted by Crippen LogP contribution is -2.33. The number of aromatic hydroxyl groups is 1. The number of hydrogen-bond donors (Lipinski definition) is 3. The van der Waals surface area contributed by atoms with E-state index in [1.54, 1.807) is 6.92 Å². The van der Waals surface area contributed by atoms with Gasteiger partial charge in [-0.1, -0.05) is 12.2 Å². The van der Waals surface area contributed by atoms with Crippen LogP contribution in [0.5, 0.6) is 17.2 Å². The van der Waals surface area contributed by atoms with E-state index in [4.69, 9.17) is 14.2 Å². The zero-order valence-electron chi connectivity index (χ0n) is 16.2. The molecule has 3 atom stereocenters. The number of methoxy groups -OCH3 is 2. The van der Waals surface area contributed by atoms with Crippen LogP contribution in [0.4, 0.5) is 0 Å². The van der Waals surface area contributed by atoms with Gasteiger partial charge in [0.1, 0.15) is 17.4 Å². The van der Waals surface area contributed by atoms with Crippen LogP contribution >= 0.6 is 0 Å². The first-order valence-electron chi connectivity index (χ1n) is 9.04. The summed E-state index contributed by atoms with van der Waals surface area (Å²) in [5.41, 5.74) is 0.116. The van der Waals surface area contributed by atoms with E-state index >= 15 is 0 Å². The summed E-state index contributed by atoms with van der Waals surface area (Å²) >= 11 is 0. The number of phenols is 1. The molecule has 0 saturated heterocycles. The summed E-state index contributed by atoms with van der Waals surface area (Å²) in [6.07, 6.45) is 0.426. The lowest BCUT2D eigenvalue weighted by Gasteiger charge is -2.20. The molecule has 28 heavy (non-hydrogen) atoms. The molecule has 1 aromatic carbocycles. The third-order valence-electron chi connectivity index (χ3n) is 4.59. The van der Waals surface area contributed by atoms with Crippen molar-refractivity contribution in [3.05, 3.63) is 23.3 Å². The van der Waals surface area contributed by atoms with Crippen molar-refractivity contribution in [1.29, 1.82) is 0 Å². The Labute approximate surface area is 163 Å². The molecule has 1 heterocycles. The molecule has 0 spiro atoms. The van der Waals surface area contributed by atoms with Gasteiger partial charge in [-0.15, -0.1) is 0 Å². The quantitative estimate of drug-likeness (QED) is 0.650. The van der Waals surface area contributed by atoms with Crippen LogP contribution in [-0.4, -0.2) is 59.6 Å². The molecule has 0 saturated carbocycles. The van der Waals surface area contributed by atoms with Crippen molar-refractivity contribution in [3.8, 4) is 17.2 Å². The van der Waals surface area contributed by atoms with Gasteiger partial charge < -0.3 is 29.5 Å². The van der Waals surface area contributed by atoms with Gasteiger partial charge in [-0.2, -0.15) is 0 Å². The van der Waals surface area contributed by atoms with Gasteiger partial charge >= 0.3 is 5.97 Å². The summed E-state index contributed by atoms with van der Waals surface area (Å²) in [7, 11) is 2.78. The van der Waals surface area contributed by atoms with E-state index in [1.807, 2.05) is 0 Å². The van der Waals surface area contributed by atoms with E-state index in [1.165, 1.54) is 32.4 Å². The largest absolute Gasteiger partial charge is 0.507 e. The smallest absolute Gasteiger partial charge is 0.342 e. The van der Waals surface area contributed by atoms with Gasteiger partial charge in [0, 0.05) is 18.1 Å². The van der Waals surface area contributed by atoms with Gasteiger partial charge in [0.05, 0.1) is 26.4 Å². The monoisotopic (exact) mass is 394 g/mol. The first-order chi connectivity index (χ1) is 13.3. The number of phenolic OH excluding ortho intramolecular Hbond substituents is 1. The van der Waals surface area contributed by atoms with Crippen LogP contribution in [0.3, 0.4) is 0 Å². The van der Waals surface area contributed by atoms with Crippen LogP contribution < -0.4 is 9.47 Å². The zero-order valence-corrected chi connectivity index (χ0v) is 16.2. The normalized spacial score (nSPS) is 25.2. The summed E-state index contributed by atoms with van der Waals surface area (Å²) in [6.45, 7) is 1.67. The summed E-state index contributed by atoms with van der Waals surface area (Å²) in [5, 5.41) is 30.4. The topological polar surface area (TPSA) is 123 Å². The molecule has 1 aromatic rings. The molecule has 0 fully saturated rings. The van der Waals surface area contributed by atoms with Crippen molar-refractivity contribution in [1.82, 2.24) is 0 Å². The second-order valence-corrected chi connectivity index (χ2v) is 6.64. The molecule has 0 amide bonds. The molecule has 2 rings (SSSR count). The number of carbonyl (C=O) groups excluding carboxylic acids is 2. The van der Waals surface area contributed by atoms with Crippen molar-refractivity contribution < 1.29 is 39.1 Å². The highest BCUT2D eigenvalue weighted by atomic mass is 16.5. The SMILES string of the molecule is COc1cc(O)c2c(c1OC)/C=C/C[C@@H](O)[C@@H](O)C(=O)CCC[C@H](C)OC2=O. The van der Waals surface area contributed by atoms with Gasteiger partial charge in [0.2, 0.25) is 0 Å². The van der Waals surface area contributed by atoms with Crippen LogP contribution in [0.25, 0.3) is 6.08 Å². The fourth-order valence-electron chi connectivity index (χ4n) is 3.06. The number of esters is 1. The Morgan fingerprint density at radius 1 is 1.18 bits per heavy atom. The van der Waals surface area contributed by atoms with Crippen LogP contribution in [0, 0.1) is 0 Å². The molecule has 8 nitrogen and oxygen atoms in total. The van der Waals surface area contributed by atoms with Crippen LogP contribution in [0.1, 0.15) is 48.5 Å². The van der Waals surface area contributed by atoms with E-state index in [-0.39, 0.29) is 41.2 Å². The van der Waals surface area contributed by atoms with Crippen LogP contribution in [0.15, 0.2) is 12.1 Å². The summed E-state index contributed by atoms with van der Waals surface area (Å²) in [5.74, 6) is -1.13. The standard InChI is InChI=1S/C20H26O8/c1-11-6-4-8-13(21)18(24)14(22)9-5-7-12-17(20(25)28-11)15(23)10-16(26-2)19(12)27-3/h5,7,10-11,14,18,22-24H,4,6,8-9H2,1-3H3/b7-5+/t11-,14+,18-/m0/s1. The number of cyclic esters (lactones) is 1. The van der Waals surface area contributed by atoms with Crippen LogP contribution in [0.2, 0.25) is 0 Å². The second-order valence-electron chi connectivity index (χ2n) is 6.64. The maximum atomic E-state index is 12.7. The first kappa shape index (κ1) is 21.7.